The van der Waals surface area contributed by atoms with Crippen LogP contribution < -0.4 is 20.9 Å². The molecule has 2 heterocycles. The Labute approximate surface area is 198 Å². The summed E-state index contributed by atoms with van der Waals surface area (Å²) in [5, 5.41) is 8.05. The molecule has 34 heavy (non-hydrogen) atoms. The van der Waals surface area contributed by atoms with Crippen LogP contribution in [0.3, 0.4) is 0 Å². The van der Waals surface area contributed by atoms with Gasteiger partial charge in [0.2, 0.25) is 5.91 Å². The number of rotatable bonds is 7. The first-order chi connectivity index (χ1) is 16.1. The van der Waals surface area contributed by atoms with E-state index in [9.17, 15) is 18.8 Å². The van der Waals surface area contributed by atoms with Crippen LogP contribution in [0.15, 0.2) is 36.5 Å². The van der Waals surface area contributed by atoms with E-state index < -0.39 is 36.1 Å². The van der Waals surface area contributed by atoms with Gasteiger partial charge in [0.05, 0.1) is 11.7 Å². The van der Waals surface area contributed by atoms with Gasteiger partial charge in [-0.25, -0.2) is 14.2 Å². The van der Waals surface area contributed by atoms with Gasteiger partial charge < -0.3 is 15.4 Å². The third-order valence-electron chi connectivity index (χ3n) is 5.76. The number of halogens is 1. The number of fused-ring (bicyclic) bond motifs is 1. The van der Waals surface area contributed by atoms with E-state index in [0.29, 0.717) is 16.9 Å². The largest absolute Gasteiger partial charge is 0.424 e. The van der Waals surface area contributed by atoms with Crippen molar-refractivity contribution in [3.8, 4) is 0 Å². The molecule has 1 aromatic heterocycles. The maximum absolute atomic E-state index is 14.2. The summed E-state index contributed by atoms with van der Waals surface area (Å²) in [6, 6.07) is 6.57. The minimum Gasteiger partial charge on any atom is -0.424 e. The lowest BCUT2D eigenvalue weighted by molar-refractivity contribution is -0.130. The summed E-state index contributed by atoms with van der Waals surface area (Å²) in [6.07, 6.45) is -0.164. The number of pyridine rings is 1. The minimum absolute atomic E-state index is 0.00684. The zero-order chi connectivity index (χ0) is 25.0. The number of para-hydroxylation sites is 1. The van der Waals surface area contributed by atoms with Crippen molar-refractivity contribution in [1.82, 2.24) is 15.6 Å². The van der Waals surface area contributed by atoms with Crippen LogP contribution in [0.25, 0.3) is 0 Å². The molecule has 0 fully saturated rings. The molecular weight excluding hydrogens is 441 g/mol. The highest BCUT2D eigenvalue weighted by Gasteiger charge is 2.42. The standard InChI is InChI=1S/C24H30FN5O4/c1-13(2)19(28-22(31)15(4)26-5)23(32)30-18(12-16-9-7-11-27-21(16)30)34-24(33)29-20-14(3)8-6-10-17(20)25/h6-11,13,15,18-19,26H,12H2,1-5H3,(H,28,31)(H,29,33)/t15-,18-,19-/m0/s1. The fourth-order valence-electron chi connectivity index (χ4n) is 3.68. The Morgan fingerprint density at radius 1 is 1.18 bits per heavy atom. The first-order valence-corrected chi connectivity index (χ1v) is 11.1. The number of likely N-dealkylation sites (N-methyl/N-ethyl adjacent to an activating group) is 1. The summed E-state index contributed by atoms with van der Waals surface area (Å²) in [6.45, 7) is 6.97. The normalized spacial score (nSPS) is 16.6. The molecule has 10 heteroatoms. The van der Waals surface area contributed by atoms with Crippen molar-refractivity contribution in [3.05, 3.63) is 53.5 Å². The van der Waals surface area contributed by atoms with Gasteiger partial charge in [0.15, 0.2) is 6.23 Å². The molecule has 3 rings (SSSR count). The lowest BCUT2D eigenvalue weighted by Crippen LogP contribution is -2.56. The van der Waals surface area contributed by atoms with Gasteiger partial charge in [-0.1, -0.05) is 32.0 Å². The monoisotopic (exact) mass is 471 g/mol. The molecule has 3 amide bonds. The average Bonchev–Trinajstić information content (AvgIpc) is 3.16. The number of anilines is 2. The molecule has 9 nitrogen and oxygen atoms in total. The number of benzene rings is 1. The number of aromatic nitrogens is 1. The zero-order valence-electron chi connectivity index (χ0n) is 19.9. The highest BCUT2D eigenvalue weighted by molar-refractivity contribution is 6.01. The van der Waals surface area contributed by atoms with Crippen molar-refractivity contribution in [2.24, 2.45) is 5.92 Å². The molecular formula is C24H30FN5O4. The van der Waals surface area contributed by atoms with Crippen molar-refractivity contribution in [3.63, 3.8) is 0 Å². The topological polar surface area (TPSA) is 113 Å². The number of hydrogen-bond donors (Lipinski definition) is 3. The summed E-state index contributed by atoms with van der Waals surface area (Å²) in [7, 11) is 1.65. The highest BCUT2D eigenvalue weighted by Crippen LogP contribution is 2.32. The number of nitrogens with one attached hydrogen (secondary N) is 3. The third-order valence-corrected chi connectivity index (χ3v) is 5.76. The van der Waals surface area contributed by atoms with Gasteiger partial charge in [-0.05, 0) is 44.5 Å². The highest BCUT2D eigenvalue weighted by atomic mass is 19.1. The Kier molecular flexibility index (Phi) is 7.83. The predicted molar refractivity (Wildman–Crippen MR) is 126 cm³/mol. The fourth-order valence-corrected chi connectivity index (χ4v) is 3.68. The van der Waals surface area contributed by atoms with Crippen LogP contribution in [0, 0.1) is 18.7 Å². The van der Waals surface area contributed by atoms with Crippen LogP contribution in [-0.2, 0) is 20.7 Å². The smallest absolute Gasteiger partial charge is 0.413 e. The van der Waals surface area contributed by atoms with Crippen LogP contribution in [-0.4, -0.2) is 48.3 Å². The summed E-state index contributed by atoms with van der Waals surface area (Å²) < 4.78 is 19.7. The van der Waals surface area contributed by atoms with Crippen LogP contribution in [0.1, 0.15) is 31.9 Å². The van der Waals surface area contributed by atoms with Crippen LogP contribution >= 0.6 is 0 Å². The van der Waals surface area contributed by atoms with Crippen molar-refractivity contribution in [1.29, 1.82) is 0 Å². The molecule has 182 valence electrons. The number of carbonyl (C=O) groups excluding carboxylic acids is 3. The van der Waals surface area contributed by atoms with Crippen molar-refractivity contribution in [2.75, 3.05) is 17.3 Å². The molecule has 0 unspecified atom stereocenters. The van der Waals surface area contributed by atoms with Gasteiger partial charge in [-0.15, -0.1) is 0 Å². The van der Waals surface area contributed by atoms with Gasteiger partial charge >= 0.3 is 6.09 Å². The molecule has 0 bridgehead atoms. The van der Waals surface area contributed by atoms with E-state index in [4.69, 9.17) is 4.74 Å². The fraction of sp³-hybridized carbons (Fsp3) is 0.417. The number of hydrogen-bond acceptors (Lipinski definition) is 6. The van der Waals surface area contributed by atoms with Crippen LogP contribution in [0.2, 0.25) is 0 Å². The van der Waals surface area contributed by atoms with Gasteiger partial charge in [-0.2, -0.15) is 0 Å². The molecule has 2 aromatic rings. The molecule has 0 saturated carbocycles. The lowest BCUT2D eigenvalue weighted by Gasteiger charge is -2.31. The number of ether oxygens (including phenoxy) is 1. The van der Waals surface area contributed by atoms with Crippen LogP contribution in [0.4, 0.5) is 20.7 Å². The second-order valence-corrected chi connectivity index (χ2v) is 8.56. The Balaban J connectivity index is 1.85. The van der Waals surface area contributed by atoms with E-state index in [0.717, 1.165) is 0 Å². The Morgan fingerprint density at radius 3 is 2.56 bits per heavy atom. The Morgan fingerprint density at radius 2 is 1.91 bits per heavy atom. The molecule has 0 radical (unpaired) electrons. The molecule has 1 aliphatic rings. The van der Waals surface area contributed by atoms with Gasteiger partial charge in [0.1, 0.15) is 17.7 Å². The second kappa shape index (κ2) is 10.6. The maximum Gasteiger partial charge on any atom is 0.413 e. The number of carbonyl (C=O) groups is 3. The molecule has 0 aliphatic carbocycles. The van der Waals surface area contributed by atoms with Crippen molar-refractivity contribution >= 4 is 29.4 Å². The maximum atomic E-state index is 14.2. The number of aryl methyl sites for hydroxylation is 1. The van der Waals surface area contributed by atoms with E-state index in [1.807, 2.05) is 13.8 Å². The first kappa shape index (κ1) is 25.1. The molecule has 3 atom stereocenters. The van der Waals surface area contributed by atoms with Gasteiger partial charge in [0.25, 0.3) is 5.91 Å². The van der Waals surface area contributed by atoms with Gasteiger partial charge in [0, 0.05) is 18.2 Å². The second-order valence-electron chi connectivity index (χ2n) is 8.56. The Hall–Kier alpha value is -3.53. The quantitative estimate of drug-likeness (QED) is 0.573. The molecule has 0 saturated heterocycles. The number of nitrogens with zero attached hydrogens (tertiary/aromatic N) is 2. The minimum atomic E-state index is -1.01. The summed E-state index contributed by atoms with van der Waals surface area (Å²) in [4.78, 5) is 44.4. The SMILES string of the molecule is CN[C@@H](C)C(=O)N[C@H](C(=O)N1c2ncccc2C[C@@H]1OC(=O)Nc1c(C)cccc1F)C(C)C. The summed E-state index contributed by atoms with van der Waals surface area (Å²) >= 11 is 0. The third kappa shape index (κ3) is 5.33. The van der Waals surface area contributed by atoms with E-state index >= 15 is 0 Å². The van der Waals surface area contributed by atoms with Crippen molar-refractivity contribution < 1.29 is 23.5 Å². The Bertz CT molecular complexity index is 1060. The predicted octanol–water partition coefficient (Wildman–Crippen LogP) is 2.74. The van der Waals surface area contributed by atoms with Crippen molar-refractivity contribution in [2.45, 2.75) is 52.4 Å². The van der Waals surface area contributed by atoms with Crippen LogP contribution in [0.5, 0.6) is 0 Å². The molecule has 1 aliphatic heterocycles. The first-order valence-electron chi connectivity index (χ1n) is 11.1. The summed E-state index contributed by atoms with van der Waals surface area (Å²) in [5.74, 6) is -1.27. The van der Waals surface area contributed by atoms with E-state index in [1.165, 1.54) is 23.2 Å². The van der Waals surface area contributed by atoms with E-state index in [1.54, 1.807) is 39.1 Å². The summed E-state index contributed by atoms with van der Waals surface area (Å²) in [5.41, 5.74) is 1.25. The number of amides is 3. The molecule has 0 spiro atoms. The van der Waals surface area contributed by atoms with E-state index in [2.05, 4.69) is 20.9 Å². The molecule has 3 N–H and O–H groups in total. The van der Waals surface area contributed by atoms with E-state index in [-0.39, 0.29) is 23.9 Å². The zero-order valence-corrected chi connectivity index (χ0v) is 19.9. The lowest BCUT2D eigenvalue weighted by atomic mass is 10.0. The van der Waals surface area contributed by atoms with Gasteiger partial charge in [-0.3, -0.25) is 19.8 Å². The average molecular weight is 472 g/mol. The molecule has 1 aromatic carbocycles.